The van der Waals surface area contributed by atoms with Gasteiger partial charge in [0.05, 0.1) is 0 Å². The Balaban J connectivity index is 1.50. The van der Waals surface area contributed by atoms with Crippen molar-refractivity contribution in [3.63, 3.8) is 0 Å². The fourth-order valence-electron chi connectivity index (χ4n) is 5.07. The smallest absolute Gasteiger partial charge is 0.167 e. The second kappa shape index (κ2) is 9.11. The van der Waals surface area contributed by atoms with Crippen LogP contribution in [0.25, 0.3) is 0 Å². The molecule has 7 heteroatoms. The number of aliphatic hydroxyl groups is 1. The van der Waals surface area contributed by atoms with Gasteiger partial charge in [0, 0.05) is 0 Å². The molecule has 3 nitrogen and oxygen atoms in total. The molecule has 0 radical (unpaired) electrons. The number of halogens is 3. The predicted molar refractivity (Wildman–Crippen MR) is 125 cm³/mol. The Hall–Kier alpha value is -1.78. The van der Waals surface area contributed by atoms with E-state index in [0.717, 1.165) is 50.7 Å². The molecule has 4 rings (SSSR count). The van der Waals surface area contributed by atoms with Crippen LogP contribution in [0.15, 0.2) is 54.6 Å². The van der Waals surface area contributed by atoms with Crippen molar-refractivity contribution in [1.82, 2.24) is 4.90 Å². The van der Waals surface area contributed by atoms with Gasteiger partial charge in [-0.2, -0.15) is 13.2 Å². The molecule has 2 atom stereocenters. The number of carbonyl (C=O) groups is 1. The van der Waals surface area contributed by atoms with E-state index in [2.05, 4.69) is 24.3 Å². The zero-order chi connectivity index (χ0) is 23.9. The molecule has 1 N–H and O–H groups in total. The number of hydrogen-bond acceptors (Lipinski definition) is 2. The minimum atomic E-state index is -4.79. The summed E-state index contributed by atoms with van der Waals surface area (Å²) in [5, 5.41) is 11.0. The zero-order valence-electron chi connectivity index (χ0n) is 18.8. The fraction of sp³-hybridized carbons (Fsp3) is 0.500. The van der Waals surface area contributed by atoms with E-state index in [-0.39, 0.29) is 29.0 Å². The van der Waals surface area contributed by atoms with Gasteiger partial charge in [0.1, 0.15) is 0 Å². The molecule has 1 unspecified atom stereocenters. The third-order valence-corrected chi connectivity index (χ3v) is 9.14. The molecule has 2 fully saturated rings. The van der Waals surface area contributed by atoms with Crippen molar-refractivity contribution >= 4 is 22.8 Å². The molecule has 1 amide bonds. The summed E-state index contributed by atoms with van der Waals surface area (Å²) in [5.74, 6) is -0.117. The van der Waals surface area contributed by atoms with Crippen LogP contribution in [0.4, 0.5) is 13.2 Å². The van der Waals surface area contributed by atoms with Crippen LogP contribution in [0.2, 0.25) is 5.21 Å². The Labute approximate surface area is 201 Å². The van der Waals surface area contributed by atoms with Gasteiger partial charge in [0.15, 0.2) is 0 Å². The molecule has 2 aliphatic carbocycles. The number of benzene rings is 2. The SMILES string of the molecule is C[C@](O)(c1ccc(C(=O)N(C2CC2)C2CCC(C[AsH2])(c3ccccc3)CC2)cc1)C(F)(F)F. The summed E-state index contributed by atoms with van der Waals surface area (Å²) < 4.78 is 39.5. The van der Waals surface area contributed by atoms with Crippen molar-refractivity contribution in [3.05, 3.63) is 71.3 Å². The molecular formula is C26H31AsF3NO2. The van der Waals surface area contributed by atoms with Crippen LogP contribution >= 0.6 is 0 Å². The third-order valence-electron chi connectivity index (χ3n) is 7.50. The van der Waals surface area contributed by atoms with Crippen LogP contribution in [-0.2, 0) is 11.0 Å². The monoisotopic (exact) mass is 521 g/mol. The Morgan fingerprint density at radius 3 is 2.03 bits per heavy atom. The van der Waals surface area contributed by atoms with E-state index in [1.807, 2.05) is 11.0 Å². The van der Waals surface area contributed by atoms with Crippen LogP contribution in [0.3, 0.4) is 0 Å². The standard InChI is InChI=1S/C26H31AsF3NO2/c1-24(33,26(28,29)30)19-9-7-18(8-10-19)23(32)31(21-11-12-21)22-13-15-25(17-27,16-14-22)20-5-3-2-4-6-20/h2-10,21-22,33H,11-17,27H2,1H3/t22?,24-,25?/m0/s1. The van der Waals surface area contributed by atoms with Crippen LogP contribution in [-0.4, -0.2) is 51.0 Å². The molecule has 2 aromatic rings. The molecule has 2 aromatic carbocycles. The summed E-state index contributed by atoms with van der Waals surface area (Å²) in [6, 6.07) is 16.3. The molecule has 2 aliphatic rings. The van der Waals surface area contributed by atoms with E-state index < -0.39 is 11.8 Å². The summed E-state index contributed by atoms with van der Waals surface area (Å²) in [6.07, 6.45) is 1.09. The Bertz CT molecular complexity index is 963. The van der Waals surface area contributed by atoms with E-state index in [9.17, 15) is 23.1 Å². The molecular weight excluding hydrogens is 490 g/mol. The van der Waals surface area contributed by atoms with Crippen molar-refractivity contribution in [1.29, 1.82) is 0 Å². The molecule has 0 saturated heterocycles. The molecule has 2 saturated carbocycles. The normalized spacial score (nSPS) is 25.3. The van der Waals surface area contributed by atoms with Gasteiger partial charge in [-0.05, 0) is 6.92 Å². The quantitative estimate of drug-likeness (QED) is 0.545. The number of rotatable bonds is 6. The number of hydrogen-bond donors (Lipinski definition) is 1. The number of alkyl halides is 3. The number of amides is 1. The first-order chi connectivity index (χ1) is 15.6. The van der Waals surface area contributed by atoms with E-state index in [1.54, 1.807) is 16.9 Å². The van der Waals surface area contributed by atoms with Gasteiger partial charge in [-0.1, -0.05) is 0 Å². The molecule has 0 aliphatic heterocycles. The van der Waals surface area contributed by atoms with Crippen LogP contribution < -0.4 is 0 Å². The number of carbonyl (C=O) groups excluding carboxylic acids is 1. The zero-order valence-corrected chi connectivity index (χ0v) is 21.2. The molecule has 0 spiro atoms. The van der Waals surface area contributed by atoms with Crippen molar-refractivity contribution in [2.24, 2.45) is 0 Å². The average molecular weight is 521 g/mol. The predicted octanol–water partition coefficient (Wildman–Crippen LogP) is 4.99. The largest absolute Gasteiger partial charge is 0.421 e. The maximum Gasteiger partial charge on any atom is 0.421 e. The van der Waals surface area contributed by atoms with Gasteiger partial charge in [-0.15, -0.1) is 0 Å². The minimum absolute atomic E-state index is 0.117. The summed E-state index contributed by atoms with van der Waals surface area (Å²) in [7, 11) is 0. The van der Waals surface area contributed by atoms with Gasteiger partial charge in [-0.3, -0.25) is 0 Å². The summed E-state index contributed by atoms with van der Waals surface area (Å²) in [6.45, 7) is 0.733. The summed E-state index contributed by atoms with van der Waals surface area (Å²) in [4.78, 5) is 15.4. The van der Waals surface area contributed by atoms with Crippen molar-refractivity contribution in [2.45, 2.75) is 79.9 Å². The first-order valence-electron chi connectivity index (χ1n) is 11.6. The van der Waals surface area contributed by atoms with E-state index in [0.29, 0.717) is 5.56 Å². The van der Waals surface area contributed by atoms with Crippen molar-refractivity contribution in [2.75, 3.05) is 0 Å². The Morgan fingerprint density at radius 2 is 1.55 bits per heavy atom. The molecule has 0 bridgehead atoms. The maximum atomic E-state index is 13.4. The Kier molecular flexibility index (Phi) is 6.72. The third kappa shape index (κ3) is 4.74. The Morgan fingerprint density at radius 1 is 1.00 bits per heavy atom. The second-order valence-corrected chi connectivity index (χ2v) is 10.5. The van der Waals surface area contributed by atoms with Gasteiger partial charge < -0.3 is 5.11 Å². The van der Waals surface area contributed by atoms with Gasteiger partial charge in [0.25, 0.3) is 0 Å². The van der Waals surface area contributed by atoms with E-state index in [4.69, 9.17) is 0 Å². The summed E-state index contributed by atoms with van der Waals surface area (Å²) in [5.41, 5.74) is -1.29. The first-order valence-corrected chi connectivity index (χ1v) is 13.3. The summed E-state index contributed by atoms with van der Waals surface area (Å²) >= 11 is 1.73. The topological polar surface area (TPSA) is 40.5 Å². The van der Waals surface area contributed by atoms with Crippen LogP contribution in [0, 0.1) is 0 Å². The van der Waals surface area contributed by atoms with E-state index >= 15 is 0 Å². The maximum absolute atomic E-state index is 13.4. The van der Waals surface area contributed by atoms with Crippen LogP contribution in [0.5, 0.6) is 0 Å². The van der Waals surface area contributed by atoms with Gasteiger partial charge >= 0.3 is 177 Å². The molecule has 178 valence electrons. The van der Waals surface area contributed by atoms with Gasteiger partial charge in [-0.25, -0.2) is 0 Å². The van der Waals surface area contributed by atoms with E-state index in [1.165, 1.54) is 29.8 Å². The average Bonchev–Trinajstić information content (AvgIpc) is 3.65. The minimum Gasteiger partial charge on any atom is -0.167 e. The van der Waals surface area contributed by atoms with Crippen molar-refractivity contribution < 1.29 is 23.1 Å². The molecule has 0 aromatic heterocycles. The first kappa shape index (κ1) is 24.3. The molecule has 33 heavy (non-hydrogen) atoms. The van der Waals surface area contributed by atoms with Gasteiger partial charge in [0.2, 0.25) is 0 Å². The van der Waals surface area contributed by atoms with Crippen LogP contribution in [0.1, 0.15) is 66.9 Å². The number of nitrogens with zero attached hydrogens (tertiary/aromatic N) is 1. The second-order valence-electron chi connectivity index (χ2n) is 9.67. The molecule has 0 heterocycles. The fourth-order valence-corrected chi connectivity index (χ4v) is 6.42. The van der Waals surface area contributed by atoms with Crippen molar-refractivity contribution in [3.8, 4) is 0 Å².